The van der Waals surface area contributed by atoms with E-state index in [1.165, 1.54) is 12.1 Å². The van der Waals surface area contributed by atoms with Crippen molar-refractivity contribution in [2.24, 2.45) is 0 Å². The summed E-state index contributed by atoms with van der Waals surface area (Å²) in [6, 6.07) is -2.35. The van der Waals surface area contributed by atoms with Gasteiger partial charge in [-0.05, 0) is 78.8 Å². The van der Waals surface area contributed by atoms with Crippen LogP contribution in [0.4, 0.5) is 23.1 Å². The number of nitriles is 2. The molecule has 2 N–H and O–H groups in total. The van der Waals surface area contributed by atoms with Crippen molar-refractivity contribution in [2.75, 3.05) is 10.6 Å². The van der Waals surface area contributed by atoms with Crippen LogP contribution < -0.4 is 10.6 Å². The Morgan fingerprint density at radius 2 is 1.89 bits per heavy atom. The van der Waals surface area contributed by atoms with E-state index in [-0.39, 0.29) is 11.8 Å². The number of anilines is 4. The van der Waals surface area contributed by atoms with Gasteiger partial charge in [0.15, 0.2) is 0 Å². The minimum Gasteiger partial charge on any atom is -0.340 e. The van der Waals surface area contributed by atoms with Gasteiger partial charge in [-0.1, -0.05) is 0 Å². The summed E-state index contributed by atoms with van der Waals surface area (Å²) in [5.41, 5.74) is -4.28. The van der Waals surface area contributed by atoms with E-state index >= 15 is 0 Å². The van der Waals surface area contributed by atoms with Crippen LogP contribution in [0.5, 0.6) is 0 Å². The predicted octanol–water partition coefficient (Wildman–Crippen LogP) is 4.99. The average molecular weight is 381 g/mol. The molecule has 136 valence electrons. The van der Waals surface area contributed by atoms with Crippen LogP contribution in [-0.4, -0.2) is 9.97 Å². The van der Waals surface area contributed by atoms with E-state index in [2.05, 4.69) is 20.6 Å². The van der Waals surface area contributed by atoms with E-state index in [0.717, 1.165) is 6.20 Å². The summed E-state index contributed by atoms with van der Waals surface area (Å²) in [5.74, 6) is -0.631. The molecule has 0 amide bonds. The molecule has 0 atom stereocenters. The van der Waals surface area contributed by atoms with Gasteiger partial charge in [0.1, 0.15) is 5.82 Å². The first-order chi connectivity index (χ1) is 19.4. The van der Waals surface area contributed by atoms with Crippen molar-refractivity contribution in [3.63, 3.8) is 0 Å². The van der Waals surface area contributed by atoms with Crippen LogP contribution in [0.1, 0.15) is 41.4 Å². The maximum Gasteiger partial charge on any atom is 0.229 e. The highest BCUT2D eigenvalue weighted by Crippen LogP contribution is 2.26. The molecular weight excluding hydrogens is 348 g/mol. The fourth-order valence-corrected chi connectivity index (χ4v) is 1.97. The molecule has 0 aliphatic heterocycles. The molecule has 1 heterocycles. The van der Waals surface area contributed by atoms with E-state index < -0.39 is 95.7 Å². The van der Waals surface area contributed by atoms with Crippen LogP contribution in [-0.2, 0) is 0 Å². The molecule has 0 bridgehead atoms. The third kappa shape index (κ3) is 4.51. The first-order valence-electron chi connectivity index (χ1n) is 14.5. The van der Waals surface area contributed by atoms with Gasteiger partial charge in [-0.25, -0.2) is 4.98 Å². The Kier molecular flexibility index (Phi) is 2.37. The zero-order chi connectivity index (χ0) is 31.9. The van der Waals surface area contributed by atoms with Crippen molar-refractivity contribution >= 4 is 29.2 Å². The second-order valence-electron chi connectivity index (χ2n) is 4.99. The lowest BCUT2D eigenvalue weighted by Gasteiger charge is -2.14. The highest BCUT2D eigenvalue weighted by atomic mass is 15.1. The van der Waals surface area contributed by atoms with Crippen molar-refractivity contribution in [3.8, 4) is 12.1 Å². The number of allylic oxidation sites excluding steroid dienone is 1. The fourth-order valence-electron chi connectivity index (χ4n) is 1.97. The van der Waals surface area contributed by atoms with Gasteiger partial charge in [0.05, 0.1) is 28.7 Å². The molecule has 0 saturated carbocycles. The number of aromatic nitrogens is 2. The Morgan fingerprint density at radius 1 is 1.14 bits per heavy atom. The van der Waals surface area contributed by atoms with Crippen LogP contribution >= 0.6 is 0 Å². The lowest BCUT2D eigenvalue weighted by Crippen LogP contribution is -2.02. The molecular formula is C22H18N6. The quantitative estimate of drug-likeness (QED) is 0.605. The van der Waals surface area contributed by atoms with Gasteiger partial charge in [-0.3, -0.25) is 0 Å². The number of nitrogens with zero attached hydrogens (tertiary/aromatic N) is 4. The molecule has 0 saturated heterocycles. The van der Waals surface area contributed by atoms with Crippen LogP contribution in [0.15, 0.2) is 54.6 Å². The molecule has 3 aromatic rings. The van der Waals surface area contributed by atoms with Crippen molar-refractivity contribution in [1.29, 1.82) is 10.5 Å². The van der Waals surface area contributed by atoms with E-state index in [9.17, 15) is 0 Å². The van der Waals surface area contributed by atoms with Gasteiger partial charge >= 0.3 is 0 Å². The fraction of sp³-hybridized carbons (Fsp3) is 0.0909. The van der Waals surface area contributed by atoms with Gasteiger partial charge in [0, 0.05) is 31.8 Å². The maximum atomic E-state index is 9.14. The highest BCUT2D eigenvalue weighted by Gasteiger charge is 2.07. The third-order valence-electron chi connectivity index (χ3n) is 3.13. The van der Waals surface area contributed by atoms with E-state index in [4.69, 9.17) is 29.7 Å². The SMILES string of the molecule is [2H]/C(C#N)=C(/[2H])c1c([2H])c(C([2H])([2H])[2H])c(Nc2ccnc(Nc3c([2H])c([2H])c(C#N)c([2H])c3[2H])n2)c(C([2H])([2H])[2H])c1[2H]. The van der Waals surface area contributed by atoms with Crippen molar-refractivity contribution in [2.45, 2.75) is 13.7 Å². The van der Waals surface area contributed by atoms with Crippen molar-refractivity contribution in [3.05, 3.63) is 76.8 Å². The Hall–Kier alpha value is -4.16. The third-order valence-corrected chi connectivity index (χ3v) is 3.13. The smallest absolute Gasteiger partial charge is 0.229 e. The molecule has 0 aliphatic rings. The molecule has 6 heteroatoms. The summed E-state index contributed by atoms with van der Waals surface area (Å²) in [7, 11) is 0. The first kappa shape index (κ1) is 7.84. The monoisotopic (exact) mass is 380 g/mol. The van der Waals surface area contributed by atoms with Gasteiger partial charge in [-0.2, -0.15) is 15.5 Å². The topological polar surface area (TPSA) is 97.4 Å². The second-order valence-corrected chi connectivity index (χ2v) is 4.99. The summed E-state index contributed by atoms with van der Waals surface area (Å²) >= 11 is 0. The van der Waals surface area contributed by atoms with Crippen LogP contribution in [0.25, 0.3) is 6.05 Å². The van der Waals surface area contributed by atoms with Crippen LogP contribution in [0.3, 0.4) is 0 Å². The van der Waals surface area contributed by atoms with Gasteiger partial charge < -0.3 is 10.6 Å². The summed E-state index contributed by atoms with van der Waals surface area (Å²) < 4.78 is 113. The lowest BCUT2D eigenvalue weighted by molar-refractivity contribution is 1.16. The number of benzene rings is 2. The molecule has 1 aromatic heterocycles. The van der Waals surface area contributed by atoms with Gasteiger partial charge in [0.2, 0.25) is 5.95 Å². The number of hydrogen-bond donors (Lipinski definition) is 2. The minimum absolute atomic E-state index is 0.279. The number of rotatable bonds is 5. The zero-order valence-electron chi connectivity index (χ0n) is 27.9. The van der Waals surface area contributed by atoms with Crippen molar-refractivity contribution < 1.29 is 19.2 Å². The van der Waals surface area contributed by atoms with E-state index in [0.29, 0.717) is 0 Å². The molecule has 2 aromatic carbocycles. The average Bonchev–Trinajstić information content (AvgIpc) is 2.88. The summed E-state index contributed by atoms with van der Waals surface area (Å²) in [6.45, 7) is -6.38. The molecule has 0 fully saturated rings. The summed E-state index contributed by atoms with van der Waals surface area (Å²) in [5, 5.41) is 23.1. The maximum absolute atomic E-state index is 9.14. The Bertz CT molecular complexity index is 1640. The van der Waals surface area contributed by atoms with Crippen LogP contribution in [0, 0.1) is 36.4 Å². The van der Waals surface area contributed by atoms with E-state index in [1.54, 1.807) is 6.07 Å². The molecule has 0 spiro atoms. The Morgan fingerprint density at radius 3 is 2.54 bits per heavy atom. The molecule has 0 unspecified atom stereocenters. The lowest BCUT2D eigenvalue weighted by atomic mass is 10.0. The van der Waals surface area contributed by atoms with Gasteiger partial charge in [-0.15, -0.1) is 0 Å². The minimum atomic E-state index is -3.19. The van der Waals surface area contributed by atoms with Crippen molar-refractivity contribution in [1.82, 2.24) is 9.97 Å². The second kappa shape index (κ2) is 8.48. The molecule has 6 nitrogen and oxygen atoms in total. The largest absolute Gasteiger partial charge is 0.340 e. The molecule has 0 aliphatic carbocycles. The Balaban J connectivity index is 2.27. The van der Waals surface area contributed by atoms with Gasteiger partial charge in [0.25, 0.3) is 0 Å². The first-order valence-corrected chi connectivity index (χ1v) is 7.50. The predicted molar refractivity (Wildman–Crippen MR) is 110 cm³/mol. The van der Waals surface area contributed by atoms with Crippen LogP contribution in [0.2, 0.25) is 0 Å². The molecule has 28 heavy (non-hydrogen) atoms. The molecule has 3 rings (SSSR count). The standard InChI is InChI=1S/C22H18N6/c1-15-12-18(4-3-10-23)13-16(2)21(15)27-20-9-11-25-22(28-20)26-19-7-5-17(14-24)6-8-19/h3-9,11-13H,1-2H3,(H2,25,26,27,28)/b4-3+/i1D3,2D3,3D,4D,5D,6D,7D,8D,12D,13D. The number of hydrogen-bond acceptors (Lipinski definition) is 6. The number of nitrogens with one attached hydrogen (secondary N) is 2. The summed E-state index contributed by atoms with van der Waals surface area (Å²) in [6.07, 6.45) is 1.11. The zero-order valence-corrected chi connectivity index (χ0v) is 13.9. The molecule has 0 radical (unpaired) electrons. The normalized spacial score (nSPS) is 19.1. The highest BCUT2D eigenvalue weighted by molar-refractivity contribution is 5.69. The summed E-state index contributed by atoms with van der Waals surface area (Å²) in [4.78, 5) is 7.96. The Labute approximate surface area is 183 Å². The van der Waals surface area contributed by atoms with E-state index in [1.807, 2.05) is 0 Å².